The predicted molar refractivity (Wildman–Crippen MR) is 154 cm³/mol. The van der Waals surface area contributed by atoms with Crippen LogP contribution in [0, 0.1) is 12.7 Å². The SMILES string of the molecule is Cc1ccc(C2CC(c3cccs3)=NN2C(=O)CSc2cn(Cc3cccc(F)c3)c3ccccc23)cc1. The molecule has 0 saturated heterocycles. The lowest BCUT2D eigenvalue weighted by Crippen LogP contribution is -2.28. The van der Waals surface area contributed by atoms with Gasteiger partial charge in [-0.25, -0.2) is 9.40 Å². The lowest BCUT2D eigenvalue weighted by Gasteiger charge is -2.22. The third-order valence-electron chi connectivity index (χ3n) is 6.78. The average Bonchev–Trinajstić information content (AvgIpc) is 3.67. The summed E-state index contributed by atoms with van der Waals surface area (Å²) >= 11 is 3.17. The zero-order valence-corrected chi connectivity index (χ0v) is 22.5. The highest BCUT2D eigenvalue weighted by molar-refractivity contribution is 8.00. The molecule has 0 aliphatic carbocycles. The van der Waals surface area contributed by atoms with Crippen molar-refractivity contribution in [1.82, 2.24) is 9.58 Å². The Kier molecular flexibility index (Phi) is 6.87. The minimum Gasteiger partial charge on any atom is -0.342 e. The summed E-state index contributed by atoms with van der Waals surface area (Å²) in [6.07, 6.45) is 2.77. The molecule has 1 aliphatic heterocycles. The number of halogens is 1. The van der Waals surface area contributed by atoms with Gasteiger partial charge in [0.25, 0.3) is 5.91 Å². The van der Waals surface area contributed by atoms with Gasteiger partial charge in [0.15, 0.2) is 0 Å². The molecule has 1 amide bonds. The van der Waals surface area contributed by atoms with Crippen molar-refractivity contribution < 1.29 is 9.18 Å². The molecule has 1 atom stereocenters. The highest BCUT2D eigenvalue weighted by Gasteiger charge is 2.33. The summed E-state index contributed by atoms with van der Waals surface area (Å²) in [7, 11) is 0. The Labute approximate surface area is 229 Å². The van der Waals surface area contributed by atoms with Crippen LogP contribution in [-0.4, -0.2) is 26.9 Å². The predicted octanol–water partition coefficient (Wildman–Crippen LogP) is 7.67. The smallest absolute Gasteiger partial charge is 0.253 e. The van der Waals surface area contributed by atoms with Crippen LogP contribution in [0.2, 0.25) is 0 Å². The number of amides is 1. The minimum absolute atomic E-state index is 0.0194. The maximum absolute atomic E-state index is 13.8. The Morgan fingerprint density at radius 1 is 1.05 bits per heavy atom. The largest absolute Gasteiger partial charge is 0.342 e. The number of hydrazone groups is 1. The second-order valence-corrected chi connectivity index (χ2v) is 11.4. The van der Waals surface area contributed by atoms with Crippen LogP contribution < -0.4 is 0 Å². The van der Waals surface area contributed by atoms with E-state index < -0.39 is 0 Å². The van der Waals surface area contributed by atoms with E-state index in [-0.39, 0.29) is 23.5 Å². The number of rotatable bonds is 7. The van der Waals surface area contributed by atoms with Crippen LogP contribution in [0.4, 0.5) is 4.39 Å². The molecule has 0 spiro atoms. The van der Waals surface area contributed by atoms with E-state index in [1.165, 1.54) is 23.4 Å². The molecule has 0 saturated carbocycles. The lowest BCUT2D eigenvalue weighted by molar-refractivity contribution is -0.130. The van der Waals surface area contributed by atoms with E-state index in [2.05, 4.69) is 60.2 Å². The molecule has 0 N–H and O–H groups in total. The van der Waals surface area contributed by atoms with Crippen molar-refractivity contribution in [3.63, 3.8) is 0 Å². The highest BCUT2D eigenvalue weighted by atomic mass is 32.2. The van der Waals surface area contributed by atoms with E-state index in [1.54, 1.807) is 28.5 Å². The van der Waals surface area contributed by atoms with Crippen molar-refractivity contribution in [3.05, 3.63) is 124 Å². The Hall–Kier alpha value is -3.68. The molecule has 4 nitrogen and oxygen atoms in total. The van der Waals surface area contributed by atoms with Gasteiger partial charge < -0.3 is 4.57 Å². The van der Waals surface area contributed by atoms with Gasteiger partial charge in [-0.3, -0.25) is 4.79 Å². The Morgan fingerprint density at radius 3 is 2.68 bits per heavy atom. The summed E-state index contributed by atoms with van der Waals surface area (Å²) in [6.45, 7) is 2.62. The fourth-order valence-corrected chi connectivity index (χ4v) is 6.54. The molecule has 2 aromatic heterocycles. The van der Waals surface area contributed by atoms with Crippen molar-refractivity contribution >= 4 is 45.6 Å². The summed E-state index contributed by atoms with van der Waals surface area (Å²) in [5.74, 6) is 0.0156. The summed E-state index contributed by atoms with van der Waals surface area (Å²) in [5.41, 5.74) is 5.19. The van der Waals surface area contributed by atoms with Gasteiger partial charge in [-0.1, -0.05) is 66.2 Å². The molecule has 3 aromatic carbocycles. The molecule has 38 heavy (non-hydrogen) atoms. The van der Waals surface area contributed by atoms with Crippen molar-refractivity contribution in [3.8, 4) is 0 Å². The molecule has 6 rings (SSSR count). The minimum atomic E-state index is -0.240. The van der Waals surface area contributed by atoms with Crippen molar-refractivity contribution in [1.29, 1.82) is 0 Å². The van der Waals surface area contributed by atoms with E-state index in [0.29, 0.717) is 13.0 Å². The van der Waals surface area contributed by atoms with Crippen molar-refractivity contribution in [2.24, 2.45) is 5.10 Å². The molecular formula is C31H26FN3OS2. The topological polar surface area (TPSA) is 37.6 Å². The normalized spacial score (nSPS) is 15.3. The highest BCUT2D eigenvalue weighted by Crippen LogP contribution is 2.36. The fraction of sp³-hybridized carbons (Fsp3) is 0.161. The first-order chi connectivity index (χ1) is 18.5. The third kappa shape index (κ3) is 5.04. The Balaban J connectivity index is 1.25. The van der Waals surface area contributed by atoms with Gasteiger partial charge >= 0.3 is 0 Å². The number of thioether (sulfide) groups is 1. The molecule has 1 aliphatic rings. The van der Waals surface area contributed by atoms with Crippen LogP contribution in [0.1, 0.15) is 34.0 Å². The number of para-hydroxylation sites is 1. The van der Waals surface area contributed by atoms with Crippen LogP contribution in [0.3, 0.4) is 0 Å². The first kappa shape index (κ1) is 24.6. The number of carbonyl (C=O) groups is 1. The van der Waals surface area contributed by atoms with Crippen LogP contribution in [0.5, 0.6) is 0 Å². The second-order valence-electron chi connectivity index (χ2n) is 9.45. The third-order valence-corrected chi connectivity index (χ3v) is 8.73. The number of fused-ring (bicyclic) bond motifs is 1. The van der Waals surface area contributed by atoms with Gasteiger partial charge in [-0.2, -0.15) is 5.10 Å². The number of aromatic nitrogens is 1. The van der Waals surface area contributed by atoms with Crippen molar-refractivity contribution in [2.45, 2.75) is 30.8 Å². The average molecular weight is 540 g/mol. The van der Waals surface area contributed by atoms with Crippen LogP contribution >= 0.6 is 23.1 Å². The number of carbonyl (C=O) groups excluding carboxylic acids is 1. The van der Waals surface area contributed by atoms with Gasteiger partial charge in [0.05, 0.1) is 22.4 Å². The summed E-state index contributed by atoms with van der Waals surface area (Å²) in [6, 6.07) is 27.2. The number of aryl methyl sites for hydroxylation is 1. The molecule has 1 unspecified atom stereocenters. The van der Waals surface area contributed by atoms with Crippen molar-refractivity contribution in [2.75, 3.05) is 5.75 Å². The molecule has 5 aromatic rings. The number of hydrogen-bond donors (Lipinski definition) is 0. The quantitative estimate of drug-likeness (QED) is 0.199. The number of benzene rings is 3. The molecule has 0 fully saturated rings. The first-order valence-electron chi connectivity index (χ1n) is 12.5. The molecular weight excluding hydrogens is 513 g/mol. The Bertz CT molecular complexity index is 1620. The van der Waals surface area contributed by atoms with Crippen LogP contribution in [0.15, 0.2) is 107 Å². The molecule has 3 heterocycles. The molecule has 7 heteroatoms. The van der Waals surface area contributed by atoms with E-state index >= 15 is 0 Å². The number of hydrogen-bond acceptors (Lipinski definition) is 4. The zero-order valence-electron chi connectivity index (χ0n) is 20.9. The molecule has 0 radical (unpaired) electrons. The van der Waals surface area contributed by atoms with Crippen LogP contribution in [0.25, 0.3) is 10.9 Å². The van der Waals surface area contributed by atoms with Gasteiger partial charge in [0, 0.05) is 35.0 Å². The lowest BCUT2D eigenvalue weighted by atomic mass is 10.00. The van der Waals surface area contributed by atoms with Gasteiger partial charge in [0.2, 0.25) is 0 Å². The standard InChI is InChI=1S/C31H26FN3OS2/c1-21-11-13-23(14-12-21)28-17-26(29-10-5-15-37-29)33-35(28)31(36)20-38-30-19-34(27-9-3-2-8-25(27)30)18-22-6-4-7-24(32)16-22/h2-16,19,28H,17-18,20H2,1H3. The van der Waals surface area contributed by atoms with Crippen LogP contribution in [-0.2, 0) is 11.3 Å². The molecule has 0 bridgehead atoms. The molecule has 190 valence electrons. The maximum Gasteiger partial charge on any atom is 0.253 e. The number of thiophene rings is 1. The summed E-state index contributed by atoms with van der Waals surface area (Å²) < 4.78 is 15.9. The summed E-state index contributed by atoms with van der Waals surface area (Å²) in [4.78, 5) is 15.7. The van der Waals surface area contributed by atoms with Gasteiger partial charge in [-0.05, 0) is 47.7 Å². The number of nitrogens with zero attached hydrogens (tertiary/aromatic N) is 3. The van der Waals surface area contributed by atoms with E-state index in [4.69, 9.17) is 5.10 Å². The Morgan fingerprint density at radius 2 is 1.89 bits per heavy atom. The second kappa shape index (κ2) is 10.6. The van der Waals surface area contributed by atoms with E-state index in [9.17, 15) is 9.18 Å². The monoisotopic (exact) mass is 539 g/mol. The van der Waals surface area contributed by atoms with E-state index in [0.717, 1.165) is 37.5 Å². The summed E-state index contributed by atoms with van der Waals surface area (Å²) in [5, 5.41) is 9.62. The first-order valence-corrected chi connectivity index (χ1v) is 14.4. The maximum atomic E-state index is 13.8. The zero-order chi connectivity index (χ0) is 26.1. The van der Waals surface area contributed by atoms with E-state index in [1.807, 2.05) is 29.6 Å². The van der Waals surface area contributed by atoms with Gasteiger partial charge in [-0.15, -0.1) is 23.1 Å². The fourth-order valence-electron chi connectivity index (χ4n) is 4.88. The van der Waals surface area contributed by atoms with Gasteiger partial charge in [0.1, 0.15) is 5.82 Å².